The molecule has 90 valence electrons. The summed E-state index contributed by atoms with van der Waals surface area (Å²) in [6, 6.07) is 0. The van der Waals surface area contributed by atoms with E-state index in [2.05, 4.69) is 16.5 Å². The van der Waals surface area contributed by atoms with Gasteiger partial charge in [0.25, 0.3) is 0 Å². The van der Waals surface area contributed by atoms with Crippen molar-refractivity contribution in [2.75, 3.05) is 45.4 Å². The van der Waals surface area contributed by atoms with Crippen molar-refractivity contribution in [3.05, 3.63) is 0 Å². The highest BCUT2D eigenvalue weighted by Gasteiger charge is 2.01. The van der Waals surface area contributed by atoms with Crippen molar-refractivity contribution >= 4 is 29.1 Å². The van der Waals surface area contributed by atoms with Gasteiger partial charge in [-0.15, -0.1) is 0 Å². The number of nitrogens with zero attached hydrogens (tertiary/aromatic N) is 1. The van der Waals surface area contributed by atoms with Crippen molar-refractivity contribution in [2.45, 2.75) is 13.3 Å². The lowest BCUT2D eigenvalue weighted by Crippen LogP contribution is -2.38. The van der Waals surface area contributed by atoms with Crippen LogP contribution in [0.25, 0.3) is 0 Å². The van der Waals surface area contributed by atoms with Crippen LogP contribution in [-0.4, -0.2) is 55.4 Å². The van der Waals surface area contributed by atoms with Crippen molar-refractivity contribution in [1.82, 2.24) is 10.2 Å². The fourth-order valence-electron chi connectivity index (χ4n) is 0.979. The SMILES string of the molecule is CCOCCCNC(=S)N(C)CCSC. The van der Waals surface area contributed by atoms with Crippen molar-refractivity contribution in [1.29, 1.82) is 0 Å². The maximum Gasteiger partial charge on any atom is 0.168 e. The maximum atomic E-state index is 5.24. The van der Waals surface area contributed by atoms with Gasteiger partial charge in [0, 0.05) is 39.1 Å². The predicted octanol–water partition coefficient (Wildman–Crippen LogP) is 1.58. The van der Waals surface area contributed by atoms with E-state index in [9.17, 15) is 0 Å². The lowest BCUT2D eigenvalue weighted by molar-refractivity contribution is 0.145. The summed E-state index contributed by atoms with van der Waals surface area (Å²) in [4.78, 5) is 2.08. The first-order valence-electron chi connectivity index (χ1n) is 5.28. The Labute approximate surface area is 103 Å². The molecule has 0 aliphatic carbocycles. The Morgan fingerprint density at radius 1 is 1.53 bits per heavy atom. The van der Waals surface area contributed by atoms with Crippen molar-refractivity contribution in [3.63, 3.8) is 0 Å². The van der Waals surface area contributed by atoms with Gasteiger partial charge in [0.1, 0.15) is 0 Å². The second kappa shape index (κ2) is 10.5. The molecule has 5 heteroatoms. The van der Waals surface area contributed by atoms with Gasteiger partial charge >= 0.3 is 0 Å². The van der Waals surface area contributed by atoms with E-state index in [4.69, 9.17) is 17.0 Å². The molecule has 0 aromatic carbocycles. The summed E-state index contributed by atoms with van der Waals surface area (Å²) in [5.41, 5.74) is 0. The third kappa shape index (κ3) is 8.96. The summed E-state index contributed by atoms with van der Waals surface area (Å²) in [5.74, 6) is 1.11. The molecule has 0 heterocycles. The van der Waals surface area contributed by atoms with E-state index >= 15 is 0 Å². The van der Waals surface area contributed by atoms with Crippen LogP contribution >= 0.6 is 24.0 Å². The minimum absolute atomic E-state index is 0.790. The molecule has 0 aromatic heterocycles. The number of ether oxygens (including phenoxy) is 1. The summed E-state index contributed by atoms with van der Waals surface area (Å²) in [5, 5.41) is 4.05. The maximum absolute atomic E-state index is 5.24. The second-order valence-electron chi connectivity index (χ2n) is 3.20. The Bertz CT molecular complexity index is 168. The fourth-order valence-corrected chi connectivity index (χ4v) is 1.63. The van der Waals surface area contributed by atoms with E-state index in [1.54, 1.807) is 0 Å². The van der Waals surface area contributed by atoms with Crippen LogP contribution in [0.5, 0.6) is 0 Å². The van der Waals surface area contributed by atoms with Gasteiger partial charge in [-0.25, -0.2) is 0 Å². The molecule has 0 saturated heterocycles. The monoisotopic (exact) mass is 250 g/mol. The minimum Gasteiger partial charge on any atom is -0.382 e. The molecular weight excluding hydrogens is 228 g/mol. The topological polar surface area (TPSA) is 24.5 Å². The van der Waals surface area contributed by atoms with Crippen LogP contribution in [0.3, 0.4) is 0 Å². The average Bonchev–Trinajstić information content (AvgIpc) is 2.25. The third-order valence-corrected chi connectivity index (χ3v) is 2.97. The largest absolute Gasteiger partial charge is 0.382 e. The Morgan fingerprint density at radius 3 is 2.87 bits per heavy atom. The van der Waals surface area contributed by atoms with Crippen molar-refractivity contribution < 1.29 is 4.74 Å². The van der Waals surface area contributed by atoms with Crippen LogP contribution in [0.4, 0.5) is 0 Å². The first-order chi connectivity index (χ1) is 7.22. The number of nitrogens with one attached hydrogen (secondary N) is 1. The fraction of sp³-hybridized carbons (Fsp3) is 0.900. The van der Waals surface area contributed by atoms with Gasteiger partial charge in [-0.2, -0.15) is 11.8 Å². The third-order valence-electron chi connectivity index (χ3n) is 1.92. The molecule has 0 saturated carbocycles. The lowest BCUT2D eigenvalue weighted by atomic mass is 10.4. The molecule has 1 N–H and O–H groups in total. The van der Waals surface area contributed by atoms with Crippen LogP contribution in [0.2, 0.25) is 0 Å². The molecule has 0 aliphatic rings. The second-order valence-corrected chi connectivity index (χ2v) is 4.57. The highest BCUT2D eigenvalue weighted by atomic mass is 32.2. The zero-order valence-electron chi connectivity index (χ0n) is 9.91. The molecule has 0 fully saturated rings. The molecule has 0 aliphatic heterocycles. The van der Waals surface area contributed by atoms with Crippen LogP contribution in [-0.2, 0) is 4.74 Å². The quantitative estimate of drug-likeness (QED) is 0.521. The molecule has 0 spiro atoms. The Kier molecular flexibility index (Phi) is 10.5. The average molecular weight is 250 g/mol. The number of hydrogen-bond donors (Lipinski definition) is 1. The minimum atomic E-state index is 0.790. The zero-order chi connectivity index (χ0) is 11.5. The van der Waals surface area contributed by atoms with Gasteiger partial charge in [-0.05, 0) is 31.8 Å². The van der Waals surface area contributed by atoms with E-state index in [0.29, 0.717) is 0 Å². The molecule has 0 rings (SSSR count). The summed E-state index contributed by atoms with van der Waals surface area (Å²) < 4.78 is 5.24. The van der Waals surface area contributed by atoms with E-state index < -0.39 is 0 Å². The smallest absolute Gasteiger partial charge is 0.168 e. The van der Waals surface area contributed by atoms with E-state index in [0.717, 1.165) is 43.6 Å². The summed E-state index contributed by atoms with van der Waals surface area (Å²) in [6.07, 6.45) is 3.11. The Balaban J connectivity index is 3.38. The molecule has 0 unspecified atom stereocenters. The highest BCUT2D eigenvalue weighted by molar-refractivity contribution is 7.98. The van der Waals surface area contributed by atoms with Gasteiger partial charge < -0.3 is 15.0 Å². The number of rotatable bonds is 8. The van der Waals surface area contributed by atoms with Crippen LogP contribution in [0, 0.1) is 0 Å². The standard InChI is InChI=1S/C10H22N2OS2/c1-4-13-8-5-6-11-10(14)12(2)7-9-15-3/h4-9H2,1-3H3,(H,11,14). The number of thiocarbonyl (C=S) groups is 1. The molecule has 15 heavy (non-hydrogen) atoms. The van der Waals surface area contributed by atoms with Gasteiger partial charge in [0.15, 0.2) is 5.11 Å². The predicted molar refractivity (Wildman–Crippen MR) is 72.7 cm³/mol. The normalized spacial score (nSPS) is 10.1. The van der Waals surface area contributed by atoms with Crippen molar-refractivity contribution in [3.8, 4) is 0 Å². The van der Waals surface area contributed by atoms with E-state index in [-0.39, 0.29) is 0 Å². The van der Waals surface area contributed by atoms with Crippen molar-refractivity contribution in [2.24, 2.45) is 0 Å². The lowest BCUT2D eigenvalue weighted by Gasteiger charge is -2.20. The summed E-state index contributed by atoms with van der Waals surface area (Å²) in [6.45, 7) is 5.49. The Hall–Kier alpha value is 0. The number of thioether (sulfide) groups is 1. The molecule has 3 nitrogen and oxygen atoms in total. The highest BCUT2D eigenvalue weighted by Crippen LogP contribution is 1.94. The van der Waals surface area contributed by atoms with Gasteiger partial charge in [-0.1, -0.05) is 0 Å². The molecule has 0 amide bonds. The van der Waals surface area contributed by atoms with Crippen LogP contribution < -0.4 is 5.32 Å². The number of hydrogen-bond acceptors (Lipinski definition) is 3. The molecule has 0 bridgehead atoms. The van der Waals surface area contributed by atoms with Gasteiger partial charge in [0.05, 0.1) is 0 Å². The first kappa shape index (κ1) is 15.0. The summed E-state index contributed by atoms with van der Waals surface area (Å²) >= 11 is 7.07. The van der Waals surface area contributed by atoms with Crippen LogP contribution in [0.1, 0.15) is 13.3 Å². The molecule has 0 radical (unpaired) electrons. The summed E-state index contributed by atoms with van der Waals surface area (Å²) in [7, 11) is 2.02. The van der Waals surface area contributed by atoms with Crippen LogP contribution in [0.15, 0.2) is 0 Å². The van der Waals surface area contributed by atoms with E-state index in [1.165, 1.54) is 0 Å². The molecule has 0 aromatic rings. The molecule has 0 atom stereocenters. The molecular formula is C10H22N2OS2. The first-order valence-corrected chi connectivity index (χ1v) is 7.08. The van der Waals surface area contributed by atoms with E-state index in [1.807, 2.05) is 25.7 Å². The van der Waals surface area contributed by atoms with Gasteiger partial charge in [0.2, 0.25) is 0 Å². The van der Waals surface area contributed by atoms with Gasteiger partial charge in [-0.3, -0.25) is 0 Å². The Morgan fingerprint density at radius 2 is 2.27 bits per heavy atom. The zero-order valence-corrected chi connectivity index (χ0v) is 11.5.